The highest BCUT2D eigenvalue weighted by molar-refractivity contribution is 7.85. The number of benzene rings is 1. The molecule has 0 bridgehead atoms. The lowest BCUT2D eigenvalue weighted by Crippen LogP contribution is -2.06. The van der Waals surface area contributed by atoms with E-state index in [1.807, 2.05) is 0 Å². The quantitative estimate of drug-likeness (QED) is 0.789. The van der Waals surface area contributed by atoms with Crippen molar-refractivity contribution in [2.75, 3.05) is 0 Å². The van der Waals surface area contributed by atoms with Crippen LogP contribution in [0.3, 0.4) is 0 Å². The Labute approximate surface area is 86.6 Å². The molecular weight excluding hydrogens is 223 g/mol. The molecule has 0 radical (unpaired) electrons. The highest BCUT2D eigenvalue weighted by Gasteiger charge is 2.13. The van der Waals surface area contributed by atoms with Gasteiger partial charge in [0.25, 0.3) is 0 Å². The van der Waals surface area contributed by atoms with Crippen molar-refractivity contribution in [3.05, 3.63) is 35.4 Å². The monoisotopic (exact) mass is 232 g/mol. The van der Waals surface area contributed by atoms with Gasteiger partial charge < -0.3 is 5.11 Å². The van der Waals surface area contributed by atoms with E-state index >= 15 is 0 Å². The van der Waals surface area contributed by atoms with Crippen LogP contribution in [0.25, 0.3) is 0 Å². The average Bonchev–Trinajstić information content (AvgIpc) is 2.05. The van der Waals surface area contributed by atoms with Crippen LogP contribution in [0.2, 0.25) is 0 Å². The highest BCUT2D eigenvalue weighted by Crippen LogP contribution is 2.14. The first kappa shape index (κ1) is 11.6. The van der Waals surface area contributed by atoms with Gasteiger partial charge >= 0.3 is 16.2 Å². The van der Waals surface area contributed by atoms with E-state index in [0.717, 1.165) is 0 Å². The third-order valence-electron chi connectivity index (χ3n) is 1.79. The molecule has 15 heavy (non-hydrogen) atoms. The number of halogens is 1. The Kier molecular flexibility index (Phi) is 3.41. The third kappa shape index (κ3) is 4.07. The van der Waals surface area contributed by atoms with E-state index in [2.05, 4.69) is 0 Å². The van der Waals surface area contributed by atoms with Gasteiger partial charge in [-0.1, -0.05) is 24.3 Å². The van der Waals surface area contributed by atoms with Gasteiger partial charge in [-0.3, -0.25) is 4.79 Å². The van der Waals surface area contributed by atoms with E-state index in [1.165, 1.54) is 18.2 Å². The van der Waals surface area contributed by atoms with Crippen LogP contribution >= 0.6 is 0 Å². The van der Waals surface area contributed by atoms with Gasteiger partial charge in [0.2, 0.25) is 0 Å². The second kappa shape index (κ2) is 4.39. The minimum Gasteiger partial charge on any atom is -0.481 e. The summed E-state index contributed by atoms with van der Waals surface area (Å²) in [6.07, 6.45) is -0.314. The van der Waals surface area contributed by atoms with Crippen LogP contribution < -0.4 is 0 Å². The summed E-state index contributed by atoms with van der Waals surface area (Å²) in [7, 11) is -4.63. The largest absolute Gasteiger partial charge is 0.481 e. The van der Waals surface area contributed by atoms with E-state index in [0.29, 0.717) is 5.56 Å². The molecule has 1 N–H and O–H groups in total. The van der Waals surface area contributed by atoms with E-state index in [4.69, 9.17) is 5.11 Å². The van der Waals surface area contributed by atoms with Crippen molar-refractivity contribution in [3.8, 4) is 0 Å². The van der Waals surface area contributed by atoms with Crippen LogP contribution in [0, 0.1) is 0 Å². The standard InChI is InChI=1S/C9H9FO4S/c10-15(13,14)6-8-4-2-1-3-7(8)5-9(11)12/h1-4H,5-6H2,(H,11,12). The number of hydrogen-bond acceptors (Lipinski definition) is 3. The van der Waals surface area contributed by atoms with E-state index in [1.54, 1.807) is 6.07 Å². The number of hydrogen-bond donors (Lipinski definition) is 1. The van der Waals surface area contributed by atoms with Crippen molar-refractivity contribution >= 4 is 16.2 Å². The number of carboxylic acid groups (broad SMARTS) is 1. The molecule has 82 valence electrons. The fourth-order valence-electron chi connectivity index (χ4n) is 1.22. The van der Waals surface area contributed by atoms with Gasteiger partial charge in [-0.05, 0) is 11.1 Å². The molecule has 0 amide bonds. The first-order valence-corrected chi connectivity index (χ1v) is 5.64. The lowest BCUT2D eigenvalue weighted by molar-refractivity contribution is -0.136. The van der Waals surface area contributed by atoms with Gasteiger partial charge in [-0.25, -0.2) is 0 Å². The molecule has 0 aliphatic rings. The lowest BCUT2D eigenvalue weighted by atomic mass is 10.1. The molecule has 1 aromatic rings. The summed E-state index contributed by atoms with van der Waals surface area (Å²) in [5, 5.41) is 8.55. The Bertz CT molecular complexity index is 467. The normalized spacial score (nSPS) is 11.3. The zero-order valence-electron chi connectivity index (χ0n) is 7.68. The molecule has 0 unspecified atom stereocenters. The maximum Gasteiger partial charge on any atom is 0.307 e. The second-order valence-electron chi connectivity index (χ2n) is 3.02. The molecule has 1 aromatic carbocycles. The van der Waals surface area contributed by atoms with Crippen molar-refractivity contribution < 1.29 is 22.2 Å². The van der Waals surface area contributed by atoms with Crippen LogP contribution in [-0.2, 0) is 27.2 Å². The van der Waals surface area contributed by atoms with Gasteiger partial charge in [-0.2, -0.15) is 8.42 Å². The van der Waals surface area contributed by atoms with Gasteiger partial charge in [0.05, 0.1) is 6.42 Å². The fourth-order valence-corrected chi connectivity index (χ4v) is 1.87. The van der Waals surface area contributed by atoms with Crippen LogP contribution in [0.4, 0.5) is 3.89 Å². The molecule has 0 saturated heterocycles. The smallest absolute Gasteiger partial charge is 0.307 e. The van der Waals surface area contributed by atoms with Crippen LogP contribution in [0.1, 0.15) is 11.1 Å². The zero-order chi connectivity index (χ0) is 11.5. The van der Waals surface area contributed by atoms with Crippen molar-refractivity contribution in [2.45, 2.75) is 12.2 Å². The number of carbonyl (C=O) groups is 1. The molecule has 0 aliphatic heterocycles. The molecule has 0 atom stereocenters. The Hall–Kier alpha value is -1.43. The zero-order valence-corrected chi connectivity index (χ0v) is 8.50. The molecule has 0 saturated carbocycles. The topological polar surface area (TPSA) is 71.4 Å². The second-order valence-corrected chi connectivity index (χ2v) is 4.39. The Morgan fingerprint density at radius 2 is 1.80 bits per heavy atom. The number of carboxylic acids is 1. The molecule has 1 rings (SSSR count). The maximum absolute atomic E-state index is 12.4. The minimum absolute atomic E-state index is 0.183. The Morgan fingerprint density at radius 1 is 1.27 bits per heavy atom. The summed E-state index contributed by atoms with van der Waals surface area (Å²) in [6.45, 7) is 0. The van der Waals surface area contributed by atoms with Crippen molar-refractivity contribution in [3.63, 3.8) is 0 Å². The van der Waals surface area contributed by atoms with Crippen LogP contribution in [-0.4, -0.2) is 19.5 Å². The van der Waals surface area contributed by atoms with Gasteiger partial charge in [0, 0.05) is 0 Å². The summed E-state index contributed by atoms with van der Waals surface area (Å²) in [6, 6.07) is 5.97. The van der Waals surface area contributed by atoms with E-state index in [-0.39, 0.29) is 12.0 Å². The summed E-state index contributed by atoms with van der Waals surface area (Å²) in [5.74, 6) is -1.87. The summed E-state index contributed by atoms with van der Waals surface area (Å²) in [5.41, 5.74) is 0.494. The Balaban J connectivity index is 3.01. The maximum atomic E-state index is 12.4. The van der Waals surface area contributed by atoms with Crippen molar-refractivity contribution in [2.24, 2.45) is 0 Å². The van der Waals surface area contributed by atoms with Gasteiger partial charge in [-0.15, -0.1) is 3.89 Å². The molecule has 4 nitrogen and oxygen atoms in total. The molecule has 0 spiro atoms. The third-order valence-corrected chi connectivity index (χ3v) is 2.44. The van der Waals surface area contributed by atoms with E-state index in [9.17, 15) is 17.1 Å². The molecule has 0 fully saturated rings. The Morgan fingerprint density at radius 3 is 2.27 bits per heavy atom. The number of aliphatic carboxylic acids is 1. The van der Waals surface area contributed by atoms with Crippen LogP contribution in [0.15, 0.2) is 24.3 Å². The molecule has 0 aromatic heterocycles. The van der Waals surface area contributed by atoms with E-state index < -0.39 is 21.9 Å². The van der Waals surface area contributed by atoms with Crippen LogP contribution in [0.5, 0.6) is 0 Å². The van der Waals surface area contributed by atoms with Gasteiger partial charge in [0.1, 0.15) is 5.75 Å². The molecule has 0 heterocycles. The lowest BCUT2D eigenvalue weighted by Gasteiger charge is -2.04. The summed E-state index contributed by atoms with van der Waals surface area (Å²) < 4.78 is 33.3. The fraction of sp³-hybridized carbons (Fsp3) is 0.222. The van der Waals surface area contributed by atoms with Crippen molar-refractivity contribution in [1.29, 1.82) is 0 Å². The predicted octanol–water partition coefficient (Wildman–Crippen LogP) is 1.11. The summed E-state index contributed by atoms with van der Waals surface area (Å²) in [4.78, 5) is 10.4. The molecule has 0 aliphatic carbocycles. The SMILES string of the molecule is O=C(O)Cc1ccccc1CS(=O)(=O)F. The first-order valence-electron chi connectivity index (χ1n) is 4.09. The van der Waals surface area contributed by atoms with Gasteiger partial charge in [0.15, 0.2) is 0 Å². The average molecular weight is 232 g/mol. The molecule has 6 heteroatoms. The first-order chi connectivity index (χ1) is 6.88. The predicted molar refractivity (Wildman–Crippen MR) is 51.5 cm³/mol. The summed E-state index contributed by atoms with van der Waals surface area (Å²) >= 11 is 0. The molecular formula is C9H9FO4S. The minimum atomic E-state index is -4.63. The van der Waals surface area contributed by atoms with Crippen molar-refractivity contribution in [1.82, 2.24) is 0 Å². The highest BCUT2D eigenvalue weighted by atomic mass is 32.3. The number of rotatable bonds is 4.